The maximum absolute atomic E-state index is 12.3. The minimum absolute atomic E-state index is 0.0588. The second kappa shape index (κ2) is 8.65. The van der Waals surface area contributed by atoms with E-state index in [4.69, 9.17) is 4.74 Å². The molecule has 3 rings (SSSR count). The number of carbonyl (C=O) groups is 1. The van der Waals surface area contributed by atoms with Crippen molar-refractivity contribution in [2.45, 2.75) is 19.1 Å². The van der Waals surface area contributed by atoms with Gasteiger partial charge in [-0.1, -0.05) is 42.5 Å². The molecule has 1 heterocycles. The van der Waals surface area contributed by atoms with Crippen LogP contribution in [0.4, 0.5) is 0 Å². The highest BCUT2D eigenvalue weighted by Gasteiger charge is 2.26. The summed E-state index contributed by atoms with van der Waals surface area (Å²) >= 11 is 0. The topological polar surface area (TPSA) is 61.8 Å². The number of rotatable bonds is 6. The average Bonchev–Trinajstić information content (AvgIpc) is 2.64. The van der Waals surface area contributed by atoms with E-state index in [1.165, 1.54) is 5.56 Å². The number of nitrogens with one attached hydrogen (secondary N) is 1. The average molecular weight is 340 g/mol. The highest BCUT2D eigenvalue weighted by molar-refractivity contribution is 5.81. The van der Waals surface area contributed by atoms with E-state index < -0.39 is 6.10 Å². The molecule has 2 aromatic rings. The number of nitrogens with zero attached hydrogens (tertiary/aromatic N) is 1. The molecule has 0 bridgehead atoms. The highest BCUT2D eigenvalue weighted by atomic mass is 16.5. The molecule has 2 aromatic carbocycles. The molecule has 25 heavy (non-hydrogen) atoms. The SMILES string of the molecule is O=C(NCCc1ccc(O)cc1)[C@@H]1CN(Cc2ccccc2)CCO1. The fourth-order valence-corrected chi connectivity index (χ4v) is 2.95. The molecule has 5 heteroatoms. The summed E-state index contributed by atoms with van der Waals surface area (Å²) in [5.41, 5.74) is 2.32. The Labute approximate surface area is 148 Å². The van der Waals surface area contributed by atoms with Crippen molar-refractivity contribution in [1.82, 2.24) is 10.2 Å². The third kappa shape index (κ3) is 5.31. The number of hydrogen-bond donors (Lipinski definition) is 2. The van der Waals surface area contributed by atoms with Gasteiger partial charge in [0.25, 0.3) is 0 Å². The Balaban J connectivity index is 1.44. The molecule has 132 valence electrons. The molecule has 0 saturated carbocycles. The van der Waals surface area contributed by atoms with Crippen LogP contribution in [0.1, 0.15) is 11.1 Å². The van der Waals surface area contributed by atoms with Gasteiger partial charge in [0.15, 0.2) is 0 Å². The zero-order valence-corrected chi connectivity index (χ0v) is 14.2. The standard InChI is InChI=1S/C20H24N2O3/c23-18-8-6-16(7-9-18)10-11-21-20(24)19-15-22(12-13-25-19)14-17-4-2-1-3-5-17/h1-9,19,23H,10-15H2,(H,21,24)/t19-/m0/s1. The predicted molar refractivity (Wildman–Crippen MR) is 96.3 cm³/mol. The third-order valence-corrected chi connectivity index (χ3v) is 4.34. The zero-order valence-electron chi connectivity index (χ0n) is 14.2. The number of benzene rings is 2. The van der Waals surface area contributed by atoms with Crippen LogP contribution >= 0.6 is 0 Å². The lowest BCUT2D eigenvalue weighted by molar-refractivity contribution is -0.138. The quantitative estimate of drug-likeness (QED) is 0.844. The molecule has 5 nitrogen and oxygen atoms in total. The van der Waals surface area contributed by atoms with E-state index in [-0.39, 0.29) is 11.7 Å². The number of morpholine rings is 1. The Bertz CT molecular complexity index is 673. The Morgan fingerprint density at radius 2 is 1.88 bits per heavy atom. The monoisotopic (exact) mass is 340 g/mol. The lowest BCUT2D eigenvalue weighted by atomic mass is 10.1. The van der Waals surface area contributed by atoms with Crippen LogP contribution in [0.15, 0.2) is 54.6 Å². The van der Waals surface area contributed by atoms with Crippen molar-refractivity contribution in [2.24, 2.45) is 0 Å². The fraction of sp³-hybridized carbons (Fsp3) is 0.350. The summed E-state index contributed by atoms with van der Waals surface area (Å²) in [6.45, 7) is 3.42. The van der Waals surface area contributed by atoms with Crippen LogP contribution in [0.2, 0.25) is 0 Å². The van der Waals surface area contributed by atoms with Crippen molar-refractivity contribution in [3.63, 3.8) is 0 Å². The minimum Gasteiger partial charge on any atom is -0.508 e. The number of hydrogen-bond acceptors (Lipinski definition) is 4. The molecule has 1 atom stereocenters. The van der Waals surface area contributed by atoms with Gasteiger partial charge < -0.3 is 15.2 Å². The van der Waals surface area contributed by atoms with Crippen molar-refractivity contribution in [3.8, 4) is 5.75 Å². The Morgan fingerprint density at radius 3 is 2.64 bits per heavy atom. The van der Waals surface area contributed by atoms with E-state index in [2.05, 4.69) is 22.3 Å². The predicted octanol–water partition coefficient (Wildman–Crippen LogP) is 1.95. The van der Waals surface area contributed by atoms with Crippen molar-refractivity contribution in [3.05, 3.63) is 65.7 Å². The summed E-state index contributed by atoms with van der Waals surface area (Å²) in [6.07, 6.45) is 0.309. The molecule has 1 aliphatic heterocycles. The van der Waals surface area contributed by atoms with Crippen LogP contribution in [0.3, 0.4) is 0 Å². The van der Waals surface area contributed by atoms with Gasteiger partial charge in [-0.25, -0.2) is 0 Å². The fourth-order valence-electron chi connectivity index (χ4n) is 2.95. The van der Waals surface area contributed by atoms with Gasteiger partial charge in [0.05, 0.1) is 6.61 Å². The van der Waals surface area contributed by atoms with E-state index >= 15 is 0 Å². The molecule has 1 aliphatic rings. The molecular weight excluding hydrogens is 316 g/mol. The van der Waals surface area contributed by atoms with Crippen LogP contribution in [0.25, 0.3) is 0 Å². The molecule has 0 spiro atoms. The number of phenolic OH excluding ortho intramolecular Hbond substituents is 1. The maximum Gasteiger partial charge on any atom is 0.250 e. The minimum atomic E-state index is -0.419. The molecular formula is C20H24N2O3. The van der Waals surface area contributed by atoms with Crippen molar-refractivity contribution >= 4 is 5.91 Å². The second-order valence-electron chi connectivity index (χ2n) is 6.29. The number of carbonyl (C=O) groups excluding carboxylic acids is 1. The van der Waals surface area contributed by atoms with Gasteiger partial charge >= 0.3 is 0 Å². The van der Waals surface area contributed by atoms with Crippen LogP contribution in [0.5, 0.6) is 5.75 Å². The first-order valence-electron chi connectivity index (χ1n) is 8.64. The van der Waals surface area contributed by atoms with E-state index in [0.717, 1.165) is 25.1 Å². The molecule has 1 fully saturated rings. The summed E-state index contributed by atoms with van der Waals surface area (Å²) in [5.74, 6) is 0.193. The zero-order chi connectivity index (χ0) is 17.5. The first kappa shape index (κ1) is 17.5. The van der Waals surface area contributed by atoms with Crippen LogP contribution in [-0.2, 0) is 22.5 Å². The van der Waals surface area contributed by atoms with E-state index in [0.29, 0.717) is 19.7 Å². The van der Waals surface area contributed by atoms with Gasteiger partial charge in [-0.05, 0) is 29.7 Å². The molecule has 2 N–H and O–H groups in total. The third-order valence-electron chi connectivity index (χ3n) is 4.34. The van der Waals surface area contributed by atoms with Crippen molar-refractivity contribution in [1.29, 1.82) is 0 Å². The molecule has 0 aromatic heterocycles. The van der Waals surface area contributed by atoms with Crippen molar-refractivity contribution in [2.75, 3.05) is 26.2 Å². The van der Waals surface area contributed by atoms with E-state index in [1.807, 2.05) is 30.3 Å². The number of ether oxygens (including phenoxy) is 1. The maximum atomic E-state index is 12.3. The summed E-state index contributed by atoms with van der Waals surface area (Å²) in [6, 6.07) is 17.3. The first-order chi connectivity index (χ1) is 12.2. The molecule has 1 amide bonds. The van der Waals surface area contributed by atoms with Crippen molar-refractivity contribution < 1.29 is 14.6 Å². The van der Waals surface area contributed by atoms with Gasteiger partial charge in [0, 0.05) is 26.2 Å². The van der Waals surface area contributed by atoms with Gasteiger partial charge in [-0.3, -0.25) is 9.69 Å². The van der Waals surface area contributed by atoms with Gasteiger partial charge in [-0.2, -0.15) is 0 Å². The van der Waals surface area contributed by atoms with Crippen LogP contribution in [0, 0.1) is 0 Å². The van der Waals surface area contributed by atoms with Crippen LogP contribution < -0.4 is 5.32 Å². The summed E-state index contributed by atoms with van der Waals surface area (Å²) < 4.78 is 5.64. The second-order valence-corrected chi connectivity index (χ2v) is 6.29. The Morgan fingerprint density at radius 1 is 1.12 bits per heavy atom. The summed E-state index contributed by atoms with van der Waals surface area (Å²) in [5, 5.41) is 12.2. The Hall–Kier alpha value is -2.37. The molecule has 0 radical (unpaired) electrons. The van der Waals surface area contributed by atoms with Gasteiger partial charge in [0.1, 0.15) is 11.9 Å². The van der Waals surface area contributed by atoms with Crippen LogP contribution in [-0.4, -0.2) is 48.3 Å². The molecule has 1 saturated heterocycles. The largest absolute Gasteiger partial charge is 0.508 e. The highest BCUT2D eigenvalue weighted by Crippen LogP contribution is 2.11. The number of phenols is 1. The smallest absolute Gasteiger partial charge is 0.250 e. The normalized spacial score (nSPS) is 18.0. The van der Waals surface area contributed by atoms with Gasteiger partial charge in [-0.15, -0.1) is 0 Å². The summed E-state index contributed by atoms with van der Waals surface area (Å²) in [4.78, 5) is 14.6. The number of aromatic hydroxyl groups is 1. The van der Waals surface area contributed by atoms with Gasteiger partial charge in [0.2, 0.25) is 5.91 Å². The van der Waals surface area contributed by atoms with E-state index in [9.17, 15) is 9.90 Å². The number of amides is 1. The van der Waals surface area contributed by atoms with E-state index in [1.54, 1.807) is 12.1 Å². The lowest BCUT2D eigenvalue weighted by Crippen LogP contribution is -2.49. The molecule has 0 unspecified atom stereocenters. The Kier molecular flexibility index (Phi) is 6.04. The molecule has 0 aliphatic carbocycles. The summed E-state index contributed by atoms with van der Waals surface area (Å²) in [7, 11) is 0. The lowest BCUT2D eigenvalue weighted by Gasteiger charge is -2.32. The first-order valence-corrected chi connectivity index (χ1v) is 8.64.